The van der Waals surface area contributed by atoms with Crippen LogP contribution in [0.25, 0.3) is 10.9 Å². The molecule has 4 nitrogen and oxygen atoms in total. The number of para-hydroxylation sites is 1. The van der Waals surface area contributed by atoms with E-state index in [0.29, 0.717) is 6.04 Å². The molecule has 0 atom stereocenters. The largest absolute Gasteiger partial charge is 0.384 e. The van der Waals surface area contributed by atoms with E-state index in [1.807, 2.05) is 12.1 Å². The Morgan fingerprint density at radius 2 is 1.87 bits per heavy atom. The predicted octanol–water partition coefficient (Wildman–Crippen LogP) is 3.44. The van der Waals surface area contributed by atoms with E-state index < -0.39 is 0 Å². The molecular formula is C19H27N3O. The number of anilines is 1. The zero-order valence-electron chi connectivity index (χ0n) is 13.9. The molecule has 1 heterocycles. The molecule has 0 amide bonds. The lowest BCUT2D eigenvalue weighted by atomic mass is 9.86. The number of ether oxygens (including phenoxy) is 1. The topological polar surface area (TPSA) is 46.2 Å². The lowest BCUT2D eigenvalue weighted by Gasteiger charge is -2.28. The highest BCUT2D eigenvalue weighted by atomic mass is 16.5. The van der Waals surface area contributed by atoms with Crippen molar-refractivity contribution in [1.29, 1.82) is 0 Å². The zero-order chi connectivity index (χ0) is 15.9. The Hall–Kier alpha value is -1.65. The van der Waals surface area contributed by atoms with Gasteiger partial charge in [0.15, 0.2) is 0 Å². The van der Waals surface area contributed by atoms with Crippen molar-refractivity contribution in [3.05, 3.63) is 36.4 Å². The van der Waals surface area contributed by atoms with E-state index in [0.717, 1.165) is 36.9 Å². The lowest BCUT2D eigenvalue weighted by molar-refractivity contribution is 0.124. The molecule has 1 fully saturated rings. The number of pyridine rings is 1. The van der Waals surface area contributed by atoms with Crippen LogP contribution in [0, 0.1) is 5.92 Å². The zero-order valence-corrected chi connectivity index (χ0v) is 13.9. The Morgan fingerprint density at radius 3 is 2.70 bits per heavy atom. The first-order valence-corrected chi connectivity index (χ1v) is 8.67. The maximum Gasteiger partial charge on any atom is 0.126 e. The fourth-order valence-electron chi connectivity index (χ4n) is 3.40. The fourth-order valence-corrected chi connectivity index (χ4v) is 3.40. The van der Waals surface area contributed by atoms with Crippen molar-refractivity contribution in [2.24, 2.45) is 5.92 Å². The number of fused-ring (bicyclic) bond motifs is 1. The molecular weight excluding hydrogens is 286 g/mol. The highest BCUT2D eigenvalue weighted by molar-refractivity contribution is 5.79. The van der Waals surface area contributed by atoms with Crippen LogP contribution in [0.3, 0.4) is 0 Å². The summed E-state index contributed by atoms with van der Waals surface area (Å²) in [5.41, 5.74) is 1.04. The summed E-state index contributed by atoms with van der Waals surface area (Å²) in [7, 11) is 1.80. The summed E-state index contributed by atoms with van der Waals surface area (Å²) in [5.74, 6) is 1.72. The average Bonchev–Trinajstić information content (AvgIpc) is 2.60. The normalized spacial score (nSPS) is 21.4. The van der Waals surface area contributed by atoms with Gasteiger partial charge in [-0.3, -0.25) is 0 Å². The number of hydrogen-bond donors (Lipinski definition) is 2. The third kappa shape index (κ3) is 4.66. The Morgan fingerprint density at radius 1 is 1.04 bits per heavy atom. The minimum atomic E-state index is 0.662. The minimum absolute atomic E-state index is 0.662. The Kier molecular flexibility index (Phi) is 5.83. The van der Waals surface area contributed by atoms with Gasteiger partial charge in [0.25, 0.3) is 0 Å². The predicted molar refractivity (Wildman–Crippen MR) is 95.9 cm³/mol. The van der Waals surface area contributed by atoms with Gasteiger partial charge in [-0.05, 0) is 49.8 Å². The number of aromatic nitrogens is 1. The molecule has 0 aliphatic heterocycles. The molecule has 1 saturated carbocycles. The van der Waals surface area contributed by atoms with E-state index >= 15 is 0 Å². The summed E-state index contributed by atoms with van der Waals surface area (Å²) in [6, 6.07) is 13.1. The summed E-state index contributed by atoms with van der Waals surface area (Å²) < 4.78 is 5.26. The molecule has 0 unspecified atom stereocenters. The van der Waals surface area contributed by atoms with Crippen molar-refractivity contribution in [3.63, 3.8) is 0 Å². The second-order valence-corrected chi connectivity index (χ2v) is 6.44. The highest BCUT2D eigenvalue weighted by Gasteiger charge is 2.20. The first kappa shape index (κ1) is 16.2. The number of nitrogens with zero attached hydrogens (tertiary/aromatic N) is 1. The van der Waals surface area contributed by atoms with Gasteiger partial charge in [0.05, 0.1) is 5.52 Å². The third-order valence-corrected chi connectivity index (χ3v) is 4.71. The number of benzene rings is 1. The van der Waals surface area contributed by atoms with Gasteiger partial charge in [0.2, 0.25) is 0 Å². The molecule has 0 saturated heterocycles. The molecule has 2 N–H and O–H groups in total. The van der Waals surface area contributed by atoms with Gasteiger partial charge in [-0.1, -0.05) is 18.2 Å². The van der Waals surface area contributed by atoms with Gasteiger partial charge in [-0.15, -0.1) is 0 Å². The number of methoxy groups -OCH3 is 1. The number of nitrogens with one attached hydrogen (secondary N) is 2. The van der Waals surface area contributed by atoms with Crippen LogP contribution in [-0.2, 0) is 4.74 Å². The Balaban J connectivity index is 1.38. The van der Waals surface area contributed by atoms with Crippen LogP contribution >= 0.6 is 0 Å². The average molecular weight is 313 g/mol. The summed E-state index contributed by atoms with van der Waals surface area (Å²) in [6.07, 6.45) is 5.10. The molecule has 1 aliphatic rings. The molecule has 4 heteroatoms. The maximum absolute atomic E-state index is 5.26. The molecule has 23 heavy (non-hydrogen) atoms. The standard InChI is InChI=1S/C19H27N3O/c1-23-14-15-6-9-17(10-7-15)20-12-13-21-19-11-8-16-4-2-3-5-18(16)22-19/h2-5,8,11,15,17,20H,6-7,9-10,12-14H2,1H3,(H,21,22). The minimum Gasteiger partial charge on any atom is -0.384 e. The van der Waals surface area contributed by atoms with Crippen molar-refractivity contribution in [2.45, 2.75) is 31.7 Å². The first-order valence-electron chi connectivity index (χ1n) is 8.67. The first-order chi connectivity index (χ1) is 11.3. The molecule has 124 valence electrons. The Bertz CT molecular complexity index is 608. The highest BCUT2D eigenvalue weighted by Crippen LogP contribution is 2.24. The van der Waals surface area contributed by atoms with E-state index in [-0.39, 0.29) is 0 Å². The lowest BCUT2D eigenvalue weighted by Crippen LogP contribution is -2.36. The smallest absolute Gasteiger partial charge is 0.126 e. The van der Waals surface area contributed by atoms with Gasteiger partial charge >= 0.3 is 0 Å². The van der Waals surface area contributed by atoms with E-state index in [1.54, 1.807) is 7.11 Å². The monoisotopic (exact) mass is 313 g/mol. The molecule has 1 aliphatic carbocycles. The van der Waals surface area contributed by atoms with E-state index in [9.17, 15) is 0 Å². The van der Waals surface area contributed by atoms with E-state index in [4.69, 9.17) is 4.74 Å². The molecule has 1 aromatic carbocycles. The van der Waals surface area contributed by atoms with Crippen molar-refractivity contribution in [2.75, 3.05) is 32.1 Å². The van der Waals surface area contributed by atoms with Crippen molar-refractivity contribution < 1.29 is 4.74 Å². The van der Waals surface area contributed by atoms with Crippen LogP contribution in [0.1, 0.15) is 25.7 Å². The maximum atomic E-state index is 5.26. The molecule has 0 radical (unpaired) electrons. The summed E-state index contributed by atoms with van der Waals surface area (Å²) >= 11 is 0. The summed E-state index contributed by atoms with van der Waals surface area (Å²) in [4.78, 5) is 4.64. The summed E-state index contributed by atoms with van der Waals surface area (Å²) in [5, 5.41) is 8.26. The van der Waals surface area contributed by atoms with Crippen LogP contribution in [0.5, 0.6) is 0 Å². The third-order valence-electron chi connectivity index (χ3n) is 4.71. The van der Waals surface area contributed by atoms with Gasteiger partial charge in [0.1, 0.15) is 5.82 Å². The van der Waals surface area contributed by atoms with Crippen molar-refractivity contribution >= 4 is 16.7 Å². The van der Waals surface area contributed by atoms with Gasteiger partial charge < -0.3 is 15.4 Å². The molecule has 0 spiro atoms. The summed E-state index contributed by atoms with van der Waals surface area (Å²) in [6.45, 7) is 2.80. The van der Waals surface area contributed by atoms with Gasteiger partial charge in [-0.25, -0.2) is 4.98 Å². The molecule has 0 bridgehead atoms. The quantitative estimate of drug-likeness (QED) is 0.769. The van der Waals surface area contributed by atoms with Crippen LogP contribution in [0.15, 0.2) is 36.4 Å². The molecule has 1 aromatic heterocycles. The number of rotatable bonds is 7. The van der Waals surface area contributed by atoms with Crippen LogP contribution < -0.4 is 10.6 Å². The number of hydrogen-bond acceptors (Lipinski definition) is 4. The van der Waals surface area contributed by atoms with Crippen molar-refractivity contribution in [3.8, 4) is 0 Å². The fraction of sp³-hybridized carbons (Fsp3) is 0.526. The van der Waals surface area contributed by atoms with E-state index in [1.165, 1.54) is 31.1 Å². The second-order valence-electron chi connectivity index (χ2n) is 6.44. The molecule has 3 rings (SSSR count). The SMILES string of the molecule is COCC1CCC(NCCNc2ccc3ccccc3n2)CC1. The van der Waals surface area contributed by atoms with Crippen molar-refractivity contribution in [1.82, 2.24) is 10.3 Å². The van der Waals surface area contributed by atoms with Crippen LogP contribution in [0.4, 0.5) is 5.82 Å². The van der Waals surface area contributed by atoms with Crippen LogP contribution in [-0.4, -0.2) is 37.8 Å². The van der Waals surface area contributed by atoms with Gasteiger partial charge in [-0.2, -0.15) is 0 Å². The molecule has 2 aromatic rings. The Labute approximate surface area is 138 Å². The van der Waals surface area contributed by atoms with Gasteiger partial charge in [0, 0.05) is 38.2 Å². The second kappa shape index (κ2) is 8.27. The van der Waals surface area contributed by atoms with E-state index in [2.05, 4.69) is 39.9 Å². The van der Waals surface area contributed by atoms with Crippen LogP contribution in [0.2, 0.25) is 0 Å².